The Morgan fingerprint density at radius 1 is 1.48 bits per heavy atom. The van der Waals surface area contributed by atoms with Gasteiger partial charge in [0, 0.05) is 25.3 Å². The highest BCUT2D eigenvalue weighted by Crippen LogP contribution is 2.25. The number of aromatic nitrogens is 2. The van der Waals surface area contributed by atoms with Crippen molar-refractivity contribution in [1.29, 1.82) is 0 Å². The molecule has 0 saturated carbocycles. The maximum Gasteiger partial charge on any atom is 0.321 e. The van der Waals surface area contributed by atoms with Gasteiger partial charge in [0.2, 0.25) is 5.91 Å². The summed E-state index contributed by atoms with van der Waals surface area (Å²) in [5, 5.41) is 0. The van der Waals surface area contributed by atoms with Crippen molar-refractivity contribution in [2.45, 2.75) is 39.8 Å². The number of esters is 1. The van der Waals surface area contributed by atoms with Crippen LogP contribution in [-0.2, 0) is 20.9 Å². The van der Waals surface area contributed by atoms with Gasteiger partial charge in [-0.3, -0.25) is 14.5 Å². The van der Waals surface area contributed by atoms with Gasteiger partial charge in [-0.2, -0.15) is 0 Å². The average molecular weight is 349 g/mol. The summed E-state index contributed by atoms with van der Waals surface area (Å²) in [4.78, 5) is 37.0. The van der Waals surface area contributed by atoms with E-state index in [-0.39, 0.29) is 18.6 Å². The first-order valence-electron chi connectivity index (χ1n) is 8.50. The number of hydrogen-bond acceptors (Lipinski definition) is 7. The molecule has 1 aliphatic rings. The van der Waals surface area contributed by atoms with Crippen molar-refractivity contribution in [3.63, 3.8) is 0 Å². The molecule has 1 saturated heterocycles. The van der Waals surface area contributed by atoms with E-state index in [4.69, 9.17) is 10.5 Å². The minimum Gasteiger partial charge on any atom is -0.465 e. The van der Waals surface area contributed by atoms with Crippen molar-refractivity contribution in [2.24, 2.45) is 5.41 Å². The molecule has 1 unspecified atom stereocenters. The van der Waals surface area contributed by atoms with Crippen LogP contribution in [0.3, 0.4) is 0 Å². The van der Waals surface area contributed by atoms with Crippen molar-refractivity contribution in [3.05, 3.63) is 18.1 Å². The Morgan fingerprint density at radius 2 is 2.20 bits per heavy atom. The molecule has 2 N–H and O–H groups in total. The van der Waals surface area contributed by atoms with E-state index in [1.165, 1.54) is 0 Å². The summed E-state index contributed by atoms with van der Waals surface area (Å²) in [6.07, 6.45) is 2.47. The van der Waals surface area contributed by atoms with E-state index in [2.05, 4.69) is 14.9 Å². The molecule has 1 amide bonds. The van der Waals surface area contributed by atoms with Gasteiger partial charge in [-0.25, -0.2) is 9.97 Å². The number of nitrogens with zero attached hydrogens (tertiary/aromatic N) is 4. The number of nitrogen functional groups attached to an aromatic ring is 1. The van der Waals surface area contributed by atoms with Gasteiger partial charge in [0.15, 0.2) is 0 Å². The summed E-state index contributed by atoms with van der Waals surface area (Å²) < 4.78 is 5.03. The van der Waals surface area contributed by atoms with Gasteiger partial charge in [-0.15, -0.1) is 0 Å². The summed E-state index contributed by atoms with van der Waals surface area (Å²) in [6, 6.07) is 1.84. The first kappa shape index (κ1) is 19.1. The largest absolute Gasteiger partial charge is 0.465 e. The molecule has 0 radical (unpaired) electrons. The standard InChI is InChI=1S/C17H27N5O3/c1-5-25-16(24)17(2,3)15(23)22-9-7-12(10-22)21(4)11-14-19-8-6-13(18)20-14/h6,8,12H,5,7,9-11H2,1-4H3,(H2,18,19,20). The SMILES string of the molecule is CCOC(=O)C(C)(C)C(=O)N1CCC(N(C)Cc2nccc(N)n2)C1. The van der Waals surface area contributed by atoms with E-state index in [1.807, 2.05) is 7.05 Å². The normalized spacial score (nSPS) is 17.8. The minimum atomic E-state index is -1.17. The fraction of sp³-hybridized carbons (Fsp3) is 0.647. The molecule has 0 aromatic carbocycles. The molecular formula is C17H27N5O3. The highest BCUT2D eigenvalue weighted by molar-refractivity contribution is 6.01. The zero-order valence-electron chi connectivity index (χ0n) is 15.4. The Balaban J connectivity index is 1.96. The van der Waals surface area contributed by atoms with Crippen LogP contribution in [-0.4, -0.2) is 64.4 Å². The number of anilines is 1. The third-order valence-corrected chi connectivity index (χ3v) is 4.51. The highest BCUT2D eigenvalue weighted by Gasteiger charge is 2.43. The predicted molar refractivity (Wildman–Crippen MR) is 93.3 cm³/mol. The summed E-state index contributed by atoms with van der Waals surface area (Å²) in [7, 11) is 1.97. The van der Waals surface area contributed by atoms with Gasteiger partial charge in [-0.1, -0.05) is 0 Å². The number of likely N-dealkylation sites (N-methyl/N-ethyl adjacent to an activating group) is 1. The van der Waals surface area contributed by atoms with Crippen molar-refractivity contribution >= 4 is 17.7 Å². The first-order chi connectivity index (χ1) is 11.8. The van der Waals surface area contributed by atoms with Gasteiger partial charge in [0.25, 0.3) is 0 Å². The molecule has 1 aromatic heterocycles. The van der Waals surface area contributed by atoms with Crippen LogP contribution in [0.25, 0.3) is 0 Å². The van der Waals surface area contributed by atoms with Gasteiger partial charge < -0.3 is 15.4 Å². The van der Waals surface area contributed by atoms with Crippen LogP contribution in [0.15, 0.2) is 12.3 Å². The lowest BCUT2D eigenvalue weighted by molar-refractivity contribution is -0.162. The Hall–Kier alpha value is -2.22. The van der Waals surface area contributed by atoms with Crippen LogP contribution in [0.5, 0.6) is 0 Å². The minimum absolute atomic E-state index is 0.187. The molecule has 1 atom stereocenters. The third-order valence-electron chi connectivity index (χ3n) is 4.51. The Kier molecular flexibility index (Phi) is 5.94. The van der Waals surface area contributed by atoms with E-state index >= 15 is 0 Å². The van der Waals surface area contributed by atoms with Gasteiger partial charge in [-0.05, 0) is 40.3 Å². The lowest BCUT2D eigenvalue weighted by Crippen LogP contribution is -2.46. The van der Waals surface area contributed by atoms with Crippen LogP contribution in [0.2, 0.25) is 0 Å². The summed E-state index contributed by atoms with van der Waals surface area (Å²) in [6.45, 7) is 6.97. The average Bonchev–Trinajstić information content (AvgIpc) is 3.04. The summed E-state index contributed by atoms with van der Waals surface area (Å²) >= 11 is 0. The first-order valence-corrected chi connectivity index (χ1v) is 8.50. The quantitative estimate of drug-likeness (QED) is 0.595. The number of hydrogen-bond donors (Lipinski definition) is 1. The van der Waals surface area contributed by atoms with Crippen LogP contribution in [0.1, 0.15) is 33.0 Å². The number of carbonyl (C=O) groups excluding carboxylic acids is 2. The smallest absolute Gasteiger partial charge is 0.321 e. The number of ether oxygens (including phenoxy) is 1. The second-order valence-corrected chi connectivity index (χ2v) is 6.85. The number of rotatable bonds is 6. The molecule has 138 valence electrons. The van der Waals surface area contributed by atoms with Crippen LogP contribution in [0.4, 0.5) is 5.82 Å². The fourth-order valence-electron chi connectivity index (χ4n) is 2.92. The number of likely N-dealkylation sites (tertiary alicyclic amines) is 1. The van der Waals surface area contributed by atoms with E-state index in [1.54, 1.807) is 37.9 Å². The number of nitrogens with two attached hydrogens (primary N) is 1. The Bertz CT molecular complexity index is 634. The molecule has 2 heterocycles. The molecular weight excluding hydrogens is 322 g/mol. The van der Waals surface area contributed by atoms with Gasteiger partial charge >= 0.3 is 5.97 Å². The van der Waals surface area contributed by atoms with Crippen LogP contribution < -0.4 is 5.73 Å². The lowest BCUT2D eigenvalue weighted by atomic mass is 9.92. The number of amides is 1. The topological polar surface area (TPSA) is 102 Å². The Morgan fingerprint density at radius 3 is 2.84 bits per heavy atom. The number of carbonyl (C=O) groups is 2. The third kappa shape index (κ3) is 4.45. The highest BCUT2D eigenvalue weighted by atomic mass is 16.5. The summed E-state index contributed by atoms with van der Waals surface area (Å²) in [5.41, 5.74) is 4.52. The molecule has 2 rings (SSSR count). The van der Waals surface area contributed by atoms with Crippen LogP contribution in [0, 0.1) is 5.41 Å². The molecule has 1 aromatic rings. The van der Waals surface area contributed by atoms with E-state index in [0.717, 1.165) is 6.42 Å². The molecule has 0 bridgehead atoms. The fourth-order valence-corrected chi connectivity index (χ4v) is 2.92. The molecule has 25 heavy (non-hydrogen) atoms. The van der Waals surface area contributed by atoms with Crippen LogP contribution >= 0.6 is 0 Å². The van der Waals surface area contributed by atoms with E-state index in [9.17, 15) is 9.59 Å². The molecule has 0 aliphatic carbocycles. The lowest BCUT2D eigenvalue weighted by Gasteiger charge is -2.28. The zero-order valence-corrected chi connectivity index (χ0v) is 15.4. The van der Waals surface area contributed by atoms with Crippen molar-refractivity contribution in [2.75, 3.05) is 32.5 Å². The zero-order chi connectivity index (χ0) is 18.6. The Labute approximate surface area is 148 Å². The second kappa shape index (κ2) is 7.77. The monoisotopic (exact) mass is 349 g/mol. The molecule has 8 nitrogen and oxygen atoms in total. The van der Waals surface area contributed by atoms with Crippen molar-refractivity contribution in [1.82, 2.24) is 19.8 Å². The second-order valence-electron chi connectivity index (χ2n) is 6.85. The molecule has 1 fully saturated rings. The predicted octanol–water partition coefficient (Wildman–Crippen LogP) is 0.681. The molecule has 0 spiro atoms. The van der Waals surface area contributed by atoms with Gasteiger partial charge in [0.1, 0.15) is 17.1 Å². The molecule has 8 heteroatoms. The summed E-state index contributed by atoms with van der Waals surface area (Å²) in [5.74, 6) is 0.420. The molecule has 1 aliphatic heterocycles. The van der Waals surface area contributed by atoms with Crippen molar-refractivity contribution < 1.29 is 14.3 Å². The van der Waals surface area contributed by atoms with Gasteiger partial charge in [0.05, 0.1) is 13.2 Å². The maximum atomic E-state index is 12.7. The van der Waals surface area contributed by atoms with E-state index in [0.29, 0.717) is 31.3 Å². The van der Waals surface area contributed by atoms with Crippen molar-refractivity contribution in [3.8, 4) is 0 Å². The van der Waals surface area contributed by atoms with E-state index < -0.39 is 11.4 Å². The maximum absolute atomic E-state index is 12.7.